The van der Waals surface area contributed by atoms with Crippen molar-refractivity contribution in [1.29, 1.82) is 0 Å². The molecule has 0 heterocycles. The van der Waals surface area contributed by atoms with Gasteiger partial charge in [0.05, 0.1) is 0 Å². The Morgan fingerprint density at radius 2 is 1.00 bits per heavy atom. The molecule has 1 heteroatoms. The Morgan fingerprint density at radius 1 is 0.583 bits per heavy atom. The third kappa shape index (κ3) is 4.57. The average molecular weight is 334 g/mol. The molecule has 0 aromatic carbocycles. The molecule has 0 N–H and O–H groups in total. The minimum Gasteiger partial charge on any atom is -0.301 e. The van der Waals surface area contributed by atoms with Gasteiger partial charge >= 0.3 is 0 Å². The molecule has 24 heavy (non-hydrogen) atoms. The highest BCUT2D eigenvalue weighted by Crippen LogP contribution is 2.47. The average Bonchev–Trinajstić information content (AvgIpc) is 2.66. The summed E-state index contributed by atoms with van der Waals surface area (Å²) >= 11 is 0. The summed E-state index contributed by atoms with van der Waals surface area (Å²) in [6.45, 7) is 7.20. The maximum Gasteiger partial charge on any atom is 0.00952 e. The molecule has 0 aromatic rings. The van der Waals surface area contributed by atoms with Gasteiger partial charge < -0.3 is 4.90 Å². The second kappa shape index (κ2) is 9.60. The van der Waals surface area contributed by atoms with E-state index in [1.165, 1.54) is 64.5 Å². The molecule has 0 aromatic heterocycles. The Labute approximate surface area is 152 Å². The van der Waals surface area contributed by atoms with Crippen LogP contribution in [-0.2, 0) is 0 Å². The van der Waals surface area contributed by atoms with Crippen LogP contribution in [0.4, 0.5) is 0 Å². The minimum atomic E-state index is 0.898. The Bertz CT molecular complexity index is 310. The quantitative estimate of drug-likeness (QED) is 0.525. The summed E-state index contributed by atoms with van der Waals surface area (Å²) in [5.74, 6) is 4.36. The fourth-order valence-corrected chi connectivity index (χ4v) is 6.78. The van der Waals surface area contributed by atoms with Crippen LogP contribution in [0.15, 0.2) is 0 Å². The van der Waals surface area contributed by atoms with Crippen LogP contribution in [0, 0.1) is 23.7 Å². The molecule has 0 spiro atoms. The Hall–Kier alpha value is -0.0400. The summed E-state index contributed by atoms with van der Waals surface area (Å²) in [4.78, 5) is 2.73. The third-order valence-corrected chi connectivity index (χ3v) is 8.00. The zero-order chi connectivity index (χ0) is 16.8. The monoisotopic (exact) mass is 333 g/mol. The van der Waals surface area contributed by atoms with Crippen LogP contribution in [-0.4, -0.2) is 24.0 Å². The standard InChI is InChI=1S/C23H43N/c1-3-24(4-2)22-17-15-21(16-18-22)23(19-11-7-5-8-12-19)20-13-9-6-10-14-20/h19-23H,3-18H2,1-2H3. The first-order chi connectivity index (χ1) is 11.8. The summed E-state index contributed by atoms with van der Waals surface area (Å²) in [7, 11) is 0. The van der Waals surface area contributed by atoms with Gasteiger partial charge in [-0.3, -0.25) is 0 Å². The molecular weight excluding hydrogens is 290 g/mol. The van der Waals surface area contributed by atoms with Crippen LogP contribution in [0.5, 0.6) is 0 Å². The van der Waals surface area contributed by atoms with Crippen molar-refractivity contribution in [1.82, 2.24) is 4.90 Å². The summed E-state index contributed by atoms with van der Waals surface area (Å²) < 4.78 is 0. The van der Waals surface area contributed by atoms with Crippen LogP contribution >= 0.6 is 0 Å². The predicted octanol–water partition coefficient (Wildman–Crippen LogP) is 6.66. The second-order valence-corrected chi connectivity index (χ2v) is 9.16. The van der Waals surface area contributed by atoms with E-state index in [0.717, 1.165) is 29.7 Å². The molecule has 1 nitrogen and oxygen atoms in total. The van der Waals surface area contributed by atoms with Crippen LogP contribution in [0.3, 0.4) is 0 Å². The predicted molar refractivity (Wildman–Crippen MR) is 105 cm³/mol. The molecule has 0 amide bonds. The molecule has 0 aliphatic heterocycles. The van der Waals surface area contributed by atoms with Crippen molar-refractivity contribution in [3.63, 3.8) is 0 Å². The Kier molecular flexibility index (Phi) is 7.50. The van der Waals surface area contributed by atoms with Gasteiger partial charge in [-0.05, 0) is 62.4 Å². The maximum atomic E-state index is 2.73. The number of nitrogens with zero attached hydrogens (tertiary/aromatic N) is 1. The Morgan fingerprint density at radius 3 is 1.42 bits per heavy atom. The molecule has 3 aliphatic carbocycles. The zero-order valence-corrected chi connectivity index (χ0v) is 16.6. The van der Waals surface area contributed by atoms with E-state index in [1.807, 2.05) is 0 Å². The molecule has 0 saturated heterocycles. The normalized spacial score (nSPS) is 31.0. The lowest BCUT2D eigenvalue weighted by Crippen LogP contribution is -2.41. The maximum absolute atomic E-state index is 2.73. The summed E-state index contributed by atoms with van der Waals surface area (Å²) in [6, 6.07) is 0.898. The van der Waals surface area contributed by atoms with E-state index in [0.29, 0.717) is 0 Å². The van der Waals surface area contributed by atoms with E-state index in [2.05, 4.69) is 18.7 Å². The van der Waals surface area contributed by atoms with E-state index in [9.17, 15) is 0 Å². The van der Waals surface area contributed by atoms with E-state index < -0.39 is 0 Å². The molecule has 0 radical (unpaired) electrons. The molecule has 0 unspecified atom stereocenters. The van der Waals surface area contributed by atoms with Crippen molar-refractivity contribution in [3.05, 3.63) is 0 Å². The van der Waals surface area contributed by atoms with Crippen molar-refractivity contribution in [3.8, 4) is 0 Å². The van der Waals surface area contributed by atoms with E-state index in [-0.39, 0.29) is 0 Å². The molecule has 0 bridgehead atoms. The lowest BCUT2D eigenvalue weighted by atomic mass is 9.61. The van der Waals surface area contributed by atoms with Crippen LogP contribution < -0.4 is 0 Å². The summed E-state index contributed by atoms with van der Waals surface area (Å²) in [6.07, 6.45) is 21.5. The van der Waals surface area contributed by atoms with Gasteiger partial charge in [0.15, 0.2) is 0 Å². The number of hydrogen-bond donors (Lipinski definition) is 0. The van der Waals surface area contributed by atoms with Crippen molar-refractivity contribution in [2.24, 2.45) is 23.7 Å². The lowest BCUT2D eigenvalue weighted by molar-refractivity contribution is 0.0460. The highest BCUT2D eigenvalue weighted by atomic mass is 15.1. The third-order valence-electron chi connectivity index (χ3n) is 8.00. The van der Waals surface area contributed by atoms with Gasteiger partial charge in [0.2, 0.25) is 0 Å². The first-order valence-electron chi connectivity index (χ1n) is 11.6. The molecule has 3 rings (SSSR count). The minimum absolute atomic E-state index is 0.898. The van der Waals surface area contributed by atoms with Crippen molar-refractivity contribution < 1.29 is 0 Å². The molecule has 3 saturated carbocycles. The molecule has 0 atom stereocenters. The van der Waals surface area contributed by atoms with Gasteiger partial charge in [-0.15, -0.1) is 0 Å². The highest BCUT2D eigenvalue weighted by molar-refractivity contribution is 4.90. The smallest absolute Gasteiger partial charge is 0.00952 e. The van der Waals surface area contributed by atoms with Gasteiger partial charge in [0.25, 0.3) is 0 Å². The SMILES string of the molecule is CCN(CC)C1CCC(C(C2CCCCC2)C2CCCCC2)CC1. The van der Waals surface area contributed by atoms with Gasteiger partial charge in [-0.1, -0.05) is 78.1 Å². The number of hydrogen-bond acceptors (Lipinski definition) is 1. The van der Waals surface area contributed by atoms with Crippen molar-refractivity contribution in [2.75, 3.05) is 13.1 Å². The summed E-state index contributed by atoms with van der Waals surface area (Å²) in [5, 5.41) is 0. The van der Waals surface area contributed by atoms with Crippen molar-refractivity contribution in [2.45, 2.75) is 110 Å². The van der Waals surface area contributed by atoms with Gasteiger partial charge in [-0.25, -0.2) is 0 Å². The van der Waals surface area contributed by atoms with Crippen LogP contribution in [0.25, 0.3) is 0 Å². The van der Waals surface area contributed by atoms with Crippen molar-refractivity contribution >= 4 is 0 Å². The first-order valence-corrected chi connectivity index (χ1v) is 11.6. The van der Waals surface area contributed by atoms with Gasteiger partial charge in [-0.2, -0.15) is 0 Å². The van der Waals surface area contributed by atoms with E-state index >= 15 is 0 Å². The van der Waals surface area contributed by atoms with E-state index in [1.54, 1.807) is 38.5 Å². The second-order valence-electron chi connectivity index (χ2n) is 9.16. The van der Waals surface area contributed by atoms with Crippen LogP contribution in [0.1, 0.15) is 104 Å². The van der Waals surface area contributed by atoms with Gasteiger partial charge in [0, 0.05) is 6.04 Å². The zero-order valence-electron chi connectivity index (χ0n) is 16.6. The number of rotatable bonds is 6. The Balaban J connectivity index is 1.62. The van der Waals surface area contributed by atoms with E-state index in [4.69, 9.17) is 0 Å². The fourth-order valence-electron chi connectivity index (χ4n) is 6.78. The largest absolute Gasteiger partial charge is 0.301 e. The molecule has 3 aliphatic rings. The molecule has 3 fully saturated rings. The fraction of sp³-hybridized carbons (Fsp3) is 1.00. The first kappa shape index (κ1) is 18.7. The highest BCUT2D eigenvalue weighted by Gasteiger charge is 2.38. The lowest BCUT2D eigenvalue weighted by Gasteiger charge is -2.46. The topological polar surface area (TPSA) is 3.24 Å². The molecular formula is C23H43N. The summed E-state index contributed by atoms with van der Waals surface area (Å²) in [5.41, 5.74) is 0. The van der Waals surface area contributed by atoms with Gasteiger partial charge in [0.1, 0.15) is 0 Å². The van der Waals surface area contributed by atoms with Crippen LogP contribution in [0.2, 0.25) is 0 Å². The molecule has 140 valence electrons.